The molecule has 0 bridgehead atoms. The van der Waals surface area contributed by atoms with E-state index in [-0.39, 0.29) is 28.6 Å². The lowest BCUT2D eigenvalue weighted by Gasteiger charge is -2.21. The Kier molecular flexibility index (Phi) is 6.00. The largest absolute Gasteiger partial charge is 0.494 e. The van der Waals surface area contributed by atoms with Gasteiger partial charge in [-0.15, -0.1) is 0 Å². The molecule has 3 heterocycles. The number of alkyl halides is 4. The standard InChI is InChI=1S/C22H22F4N4O3/c1-11(27)19-18(21(31)30-9-3-4-12(30)10-23)29-20(33-19)14-5-7-15(32-2)17-13(14)6-8-16(28-17)22(24,25)26/h5-8,11-12H,3-4,9-10,27H2,1-2H3/t11-,12+/m0/s1. The van der Waals surface area contributed by atoms with Crippen LogP contribution in [0.3, 0.4) is 0 Å². The third kappa shape index (κ3) is 4.12. The SMILES string of the molecule is COc1ccc(-c2nc(C(=O)N3CCC[C@@H]3CF)c([C@H](C)N)o2)c2ccc(C(F)(F)F)nc12. The second kappa shape index (κ2) is 8.62. The first-order chi connectivity index (χ1) is 15.7. The van der Waals surface area contributed by atoms with Gasteiger partial charge >= 0.3 is 6.18 Å². The van der Waals surface area contributed by atoms with Crippen LogP contribution in [0.1, 0.15) is 47.7 Å². The van der Waals surface area contributed by atoms with Gasteiger partial charge in [0, 0.05) is 17.5 Å². The number of carbonyl (C=O) groups excluding carboxylic acids is 1. The maximum absolute atomic E-state index is 13.4. The molecule has 1 aromatic carbocycles. The van der Waals surface area contributed by atoms with Crippen LogP contribution >= 0.6 is 0 Å². The molecule has 1 saturated heterocycles. The fourth-order valence-electron chi connectivity index (χ4n) is 4.01. The molecule has 7 nitrogen and oxygen atoms in total. The van der Waals surface area contributed by atoms with Crippen LogP contribution in [-0.2, 0) is 6.18 Å². The molecule has 3 aromatic rings. The molecule has 1 aliphatic rings. The summed E-state index contributed by atoms with van der Waals surface area (Å²) in [7, 11) is 1.32. The summed E-state index contributed by atoms with van der Waals surface area (Å²) in [5.41, 5.74) is 5.17. The highest BCUT2D eigenvalue weighted by molar-refractivity contribution is 5.98. The van der Waals surface area contributed by atoms with Crippen molar-refractivity contribution in [3.8, 4) is 17.2 Å². The van der Waals surface area contributed by atoms with Crippen LogP contribution < -0.4 is 10.5 Å². The normalized spacial score (nSPS) is 17.5. The van der Waals surface area contributed by atoms with Crippen molar-refractivity contribution in [1.82, 2.24) is 14.9 Å². The van der Waals surface area contributed by atoms with Gasteiger partial charge in [0.15, 0.2) is 11.5 Å². The number of aromatic nitrogens is 2. The summed E-state index contributed by atoms with van der Waals surface area (Å²) in [4.78, 5) is 22.6. The van der Waals surface area contributed by atoms with Crippen molar-refractivity contribution in [3.63, 3.8) is 0 Å². The topological polar surface area (TPSA) is 94.5 Å². The third-order valence-corrected chi connectivity index (χ3v) is 5.65. The summed E-state index contributed by atoms with van der Waals surface area (Å²) >= 11 is 0. The molecule has 2 aromatic heterocycles. The van der Waals surface area contributed by atoms with Crippen LogP contribution in [0.4, 0.5) is 17.6 Å². The minimum absolute atomic E-state index is 0.00384. The molecule has 2 N–H and O–H groups in total. The highest BCUT2D eigenvalue weighted by Gasteiger charge is 2.35. The van der Waals surface area contributed by atoms with Crippen molar-refractivity contribution >= 4 is 16.8 Å². The molecule has 0 spiro atoms. The van der Waals surface area contributed by atoms with E-state index in [0.29, 0.717) is 30.3 Å². The number of nitrogens with two attached hydrogens (primary N) is 1. The third-order valence-electron chi connectivity index (χ3n) is 5.65. The molecular formula is C22H22F4N4O3. The molecule has 0 aliphatic carbocycles. The zero-order chi connectivity index (χ0) is 23.9. The zero-order valence-electron chi connectivity index (χ0n) is 17.9. The van der Waals surface area contributed by atoms with Gasteiger partial charge in [0.1, 0.15) is 23.6 Å². The summed E-state index contributed by atoms with van der Waals surface area (Å²) in [6, 6.07) is 3.87. The van der Waals surface area contributed by atoms with Gasteiger partial charge in [0.25, 0.3) is 5.91 Å². The Labute approximate surface area is 186 Å². The summed E-state index contributed by atoms with van der Waals surface area (Å²) < 4.78 is 64.0. The highest BCUT2D eigenvalue weighted by atomic mass is 19.4. The smallest absolute Gasteiger partial charge is 0.433 e. The van der Waals surface area contributed by atoms with E-state index in [1.165, 1.54) is 24.1 Å². The predicted molar refractivity (Wildman–Crippen MR) is 111 cm³/mol. The Morgan fingerprint density at radius 3 is 2.70 bits per heavy atom. The first-order valence-electron chi connectivity index (χ1n) is 10.3. The maximum atomic E-state index is 13.4. The van der Waals surface area contributed by atoms with Crippen LogP contribution in [-0.4, -0.2) is 47.1 Å². The second-order valence-electron chi connectivity index (χ2n) is 7.88. The molecule has 11 heteroatoms. The van der Waals surface area contributed by atoms with Crippen molar-refractivity contribution in [2.24, 2.45) is 5.73 Å². The Morgan fingerprint density at radius 2 is 2.06 bits per heavy atom. The quantitative estimate of drug-likeness (QED) is 0.556. The number of ether oxygens (including phenoxy) is 1. The predicted octanol–water partition coefficient (Wildman–Crippen LogP) is 4.51. The summed E-state index contributed by atoms with van der Waals surface area (Å²) in [6.07, 6.45) is -3.41. The average molecular weight is 466 g/mol. The average Bonchev–Trinajstić information content (AvgIpc) is 3.44. The van der Waals surface area contributed by atoms with E-state index >= 15 is 0 Å². The van der Waals surface area contributed by atoms with Gasteiger partial charge in [-0.1, -0.05) is 0 Å². The summed E-state index contributed by atoms with van der Waals surface area (Å²) in [5, 5.41) is 0.293. The van der Waals surface area contributed by atoms with Crippen LogP contribution in [0.2, 0.25) is 0 Å². The van der Waals surface area contributed by atoms with E-state index in [1.807, 2.05) is 0 Å². The van der Waals surface area contributed by atoms with Crippen LogP contribution in [0, 0.1) is 0 Å². The van der Waals surface area contributed by atoms with Crippen LogP contribution in [0.15, 0.2) is 28.7 Å². The molecule has 4 rings (SSSR count). The number of hydrogen-bond acceptors (Lipinski definition) is 6. The first kappa shape index (κ1) is 23.0. The van der Waals surface area contributed by atoms with Gasteiger partial charge in [-0.25, -0.2) is 14.4 Å². The number of oxazole rings is 1. The monoisotopic (exact) mass is 466 g/mol. The number of likely N-dealkylation sites (tertiary alicyclic amines) is 1. The summed E-state index contributed by atoms with van der Waals surface area (Å²) in [5.74, 6) is -0.245. The lowest BCUT2D eigenvalue weighted by atomic mass is 10.1. The molecule has 0 saturated carbocycles. The Hall–Kier alpha value is -3.21. The number of hydrogen-bond donors (Lipinski definition) is 1. The van der Waals surface area contributed by atoms with Crippen molar-refractivity contribution in [2.75, 3.05) is 20.3 Å². The van der Waals surface area contributed by atoms with Gasteiger partial charge in [-0.2, -0.15) is 13.2 Å². The maximum Gasteiger partial charge on any atom is 0.433 e. The van der Waals surface area contributed by atoms with Crippen molar-refractivity contribution < 1.29 is 31.5 Å². The van der Waals surface area contributed by atoms with E-state index < -0.39 is 36.5 Å². The zero-order valence-corrected chi connectivity index (χ0v) is 17.9. The molecule has 0 radical (unpaired) electrons. The minimum atomic E-state index is -4.64. The van der Waals surface area contributed by atoms with Gasteiger partial charge in [0.2, 0.25) is 5.89 Å². The van der Waals surface area contributed by atoms with Gasteiger partial charge in [-0.3, -0.25) is 4.79 Å². The fourth-order valence-corrected chi connectivity index (χ4v) is 4.01. The number of amides is 1. The van der Waals surface area contributed by atoms with E-state index in [0.717, 1.165) is 6.07 Å². The molecule has 0 unspecified atom stereocenters. The number of carbonyl (C=O) groups is 1. The van der Waals surface area contributed by atoms with Gasteiger partial charge in [-0.05, 0) is 44.0 Å². The Balaban J connectivity index is 1.85. The number of benzene rings is 1. The van der Waals surface area contributed by atoms with Crippen molar-refractivity contribution in [3.05, 3.63) is 41.4 Å². The first-order valence-corrected chi connectivity index (χ1v) is 10.3. The molecule has 2 atom stereocenters. The van der Waals surface area contributed by atoms with E-state index in [2.05, 4.69) is 9.97 Å². The van der Waals surface area contributed by atoms with Gasteiger partial charge < -0.3 is 19.8 Å². The second-order valence-corrected chi connectivity index (χ2v) is 7.88. The van der Waals surface area contributed by atoms with E-state index in [1.54, 1.807) is 13.0 Å². The molecule has 176 valence electrons. The minimum Gasteiger partial charge on any atom is -0.494 e. The van der Waals surface area contributed by atoms with Crippen molar-refractivity contribution in [1.29, 1.82) is 0 Å². The van der Waals surface area contributed by atoms with Crippen LogP contribution in [0.25, 0.3) is 22.4 Å². The summed E-state index contributed by atoms with van der Waals surface area (Å²) in [6.45, 7) is 1.34. The number of pyridine rings is 1. The fraction of sp³-hybridized carbons (Fsp3) is 0.409. The highest BCUT2D eigenvalue weighted by Crippen LogP contribution is 2.37. The number of fused-ring (bicyclic) bond motifs is 1. The molecule has 33 heavy (non-hydrogen) atoms. The number of rotatable bonds is 5. The molecule has 1 amide bonds. The lowest BCUT2D eigenvalue weighted by Crippen LogP contribution is -2.37. The molecular weight excluding hydrogens is 444 g/mol. The number of halogens is 4. The van der Waals surface area contributed by atoms with Gasteiger partial charge in [0.05, 0.1) is 19.2 Å². The number of nitrogens with zero attached hydrogens (tertiary/aromatic N) is 3. The van der Waals surface area contributed by atoms with E-state index in [9.17, 15) is 22.4 Å². The Bertz CT molecular complexity index is 1190. The molecule has 1 fully saturated rings. The Morgan fingerprint density at radius 1 is 1.30 bits per heavy atom. The van der Waals surface area contributed by atoms with E-state index in [4.69, 9.17) is 14.9 Å². The van der Waals surface area contributed by atoms with Crippen molar-refractivity contribution in [2.45, 2.75) is 38.0 Å². The lowest BCUT2D eigenvalue weighted by molar-refractivity contribution is -0.140. The number of methoxy groups -OCH3 is 1. The molecule has 1 aliphatic heterocycles. The van der Waals surface area contributed by atoms with Crippen LogP contribution in [0.5, 0.6) is 5.75 Å².